The topological polar surface area (TPSA) is 63.8 Å². The molecule has 0 bridgehead atoms. The van der Waals surface area contributed by atoms with E-state index in [1.54, 1.807) is 0 Å². The fourth-order valence-electron chi connectivity index (χ4n) is 1.16. The summed E-state index contributed by atoms with van der Waals surface area (Å²) in [5.74, 6) is 11.3. The first kappa shape index (κ1) is 11.1. The van der Waals surface area contributed by atoms with Crippen LogP contribution >= 0.6 is 11.5 Å². The molecule has 5 heteroatoms. The van der Waals surface area contributed by atoms with Gasteiger partial charge in [0.2, 0.25) is 0 Å². The van der Waals surface area contributed by atoms with Crippen LogP contribution in [0.2, 0.25) is 0 Å². The third kappa shape index (κ3) is 2.51. The molecule has 0 aliphatic carbocycles. The van der Waals surface area contributed by atoms with E-state index in [0.717, 1.165) is 17.0 Å². The van der Waals surface area contributed by atoms with Crippen LogP contribution in [-0.2, 0) is 6.42 Å². The number of hydrogen-bond donors (Lipinski definition) is 2. The molecule has 0 fully saturated rings. The first-order valence-corrected chi connectivity index (χ1v) is 5.27. The number of nitrogens with two attached hydrogens (primary N) is 1. The standard InChI is InChI=1S/C9H14N4S/c1-3-5-6-8(11-10)9-7(4-2)12-13-14-9/h8,11H,4,6,10H2,1-2H3. The summed E-state index contributed by atoms with van der Waals surface area (Å²) in [6, 6.07) is 0.0531. The number of aryl methyl sites for hydroxylation is 1. The summed E-state index contributed by atoms with van der Waals surface area (Å²) in [4.78, 5) is 1.10. The summed E-state index contributed by atoms with van der Waals surface area (Å²) < 4.78 is 3.92. The maximum Gasteiger partial charge on any atom is 0.0801 e. The molecule has 1 unspecified atom stereocenters. The molecule has 0 radical (unpaired) electrons. The Morgan fingerprint density at radius 3 is 3.00 bits per heavy atom. The molecule has 0 aromatic carbocycles. The minimum absolute atomic E-state index is 0.0531. The van der Waals surface area contributed by atoms with Gasteiger partial charge in [0.1, 0.15) is 0 Å². The van der Waals surface area contributed by atoms with E-state index in [0.29, 0.717) is 6.42 Å². The summed E-state index contributed by atoms with van der Waals surface area (Å²) in [6.45, 7) is 3.87. The Kier molecular flexibility index (Phi) is 4.53. The molecule has 76 valence electrons. The Morgan fingerprint density at radius 2 is 2.43 bits per heavy atom. The average molecular weight is 210 g/mol. The fraction of sp³-hybridized carbons (Fsp3) is 0.556. The van der Waals surface area contributed by atoms with Crippen molar-refractivity contribution in [1.82, 2.24) is 15.0 Å². The van der Waals surface area contributed by atoms with Crippen LogP contribution in [0.5, 0.6) is 0 Å². The van der Waals surface area contributed by atoms with Crippen molar-refractivity contribution in [2.75, 3.05) is 0 Å². The second kappa shape index (κ2) is 5.70. The Hall–Kier alpha value is -0.960. The van der Waals surface area contributed by atoms with Gasteiger partial charge in [-0.1, -0.05) is 11.4 Å². The van der Waals surface area contributed by atoms with Crippen LogP contribution in [0.4, 0.5) is 0 Å². The Balaban J connectivity index is 2.80. The highest BCUT2D eigenvalue weighted by atomic mass is 32.1. The summed E-state index contributed by atoms with van der Waals surface area (Å²) >= 11 is 1.39. The lowest BCUT2D eigenvalue weighted by molar-refractivity contribution is 0.571. The molecule has 1 heterocycles. The first-order chi connectivity index (χ1) is 6.83. The van der Waals surface area contributed by atoms with Crippen LogP contribution in [0, 0.1) is 11.8 Å². The molecule has 0 saturated carbocycles. The smallest absolute Gasteiger partial charge is 0.0801 e. The summed E-state index contributed by atoms with van der Waals surface area (Å²) in [6.07, 6.45) is 1.58. The van der Waals surface area contributed by atoms with Crippen molar-refractivity contribution in [3.05, 3.63) is 10.6 Å². The molecule has 0 saturated heterocycles. The average Bonchev–Trinajstić information content (AvgIpc) is 2.67. The number of rotatable bonds is 4. The van der Waals surface area contributed by atoms with E-state index in [-0.39, 0.29) is 6.04 Å². The summed E-state index contributed by atoms with van der Waals surface area (Å²) in [5, 5.41) is 4.04. The Labute approximate surface area is 88.0 Å². The first-order valence-electron chi connectivity index (χ1n) is 4.50. The summed E-state index contributed by atoms with van der Waals surface area (Å²) in [5.41, 5.74) is 3.75. The van der Waals surface area contributed by atoms with E-state index in [1.807, 2.05) is 6.92 Å². The van der Waals surface area contributed by atoms with Crippen molar-refractivity contribution in [2.45, 2.75) is 32.7 Å². The molecule has 1 aromatic rings. The third-order valence-electron chi connectivity index (χ3n) is 1.92. The zero-order chi connectivity index (χ0) is 10.4. The molecule has 0 aliphatic rings. The van der Waals surface area contributed by atoms with Gasteiger partial charge in [-0.3, -0.25) is 11.3 Å². The van der Waals surface area contributed by atoms with Gasteiger partial charge in [0.25, 0.3) is 0 Å². The van der Waals surface area contributed by atoms with Gasteiger partial charge in [0.05, 0.1) is 16.6 Å². The van der Waals surface area contributed by atoms with E-state index in [9.17, 15) is 0 Å². The lowest BCUT2D eigenvalue weighted by atomic mass is 10.1. The molecule has 0 aliphatic heterocycles. The highest BCUT2D eigenvalue weighted by Crippen LogP contribution is 2.22. The van der Waals surface area contributed by atoms with Gasteiger partial charge in [-0.25, -0.2) is 0 Å². The van der Waals surface area contributed by atoms with Crippen molar-refractivity contribution in [3.8, 4) is 11.8 Å². The predicted molar refractivity (Wildman–Crippen MR) is 57.4 cm³/mol. The Bertz CT molecular complexity index is 336. The normalized spacial score (nSPS) is 11.9. The van der Waals surface area contributed by atoms with Gasteiger partial charge in [0, 0.05) is 6.42 Å². The van der Waals surface area contributed by atoms with Gasteiger partial charge in [-0.15, -0.1) is 16.9 Å². The van der Waals surface area contributed by atoms with Crippen LogP contribution in [-0.4, -0.2) is 9.59 Å². The van der Waals surface area contributed by atoms with E-state index < -0.39 is 0 Å². The molecule has 1 rings (SSSR count). The second-order valence-electron chi connectivity index (χ2n) is 2.79. The number of nitrogens with one attached hydrogen (secondary N) is 1. The zero-order valence-corrected chi connectivity index (χ0v) is 9.19. The van der Waals surface area contributed by atoms with E-state index in [2.05, 4.69) is 33.8 Å². The molecule has 0 spiro atoms. The SMILES string of the molecule is CC#CCC(NN)c1snnc1CC. The van der Waals surface area contributed by atoms with E-state index in [4.69, 9.17) is 5.84 Å². The van der Waals surface area contributed by atoms with Crippen LogP contribution in [0.3, 0.4) is 0 Å². The maximum absolute atomic E-state index is 5.46. The molecule has 1 atom stereocenters. The number of nitrogens with zero attached hydrogens (tertiary/aromatic N) is 2. The fourth-order valence-corrected chi connectivity index (χ4v) is 1.95. The summed E-state index contributed by atoms with van der Waals surface area (Å²) in [7, 11) is 0. The molecule has 4 nitrogen and oxygen atoms in total. The van der Waals surface area contributed by atoms with E-state index >= 15 is 0 Å². The number of hydrogen-bond acceptors (Lipinski definition) is 5. The molecule has 0 amide bonds. The van der Waals surface area contributed by atoms with Gasteiger partial charge >= 0.3 is 0 Å². The van der Waals surface area contributed by atoms with Crippen molar-refractivity contribution in [3.63, 3.8) is 0 Å². The predicted octanol–water partition coefficient (Wildman–Crippen LogP) is 1.02. The molecule has 3 N–H and O–H groups in total. The minimum Gasteiger partial charge on any atom is -0.271 e. The lowest BCUT2D eigenvalue weighted by Crippen LogP contribution is -2.27. The van der Waals surface area contributed by atoms with Gasteiger partial charge in [-0.2, -0.15) is 0 Å². The van der Waals surface area contributed by atoms with Crippen LogP contribution in [0.25, 0.3) is 0 Å². The van der Waals surface area contributed by atoms with Crippen LogP contribution < -0.4 is 11.3 Å². The molecule has 1 aromatic heterocycles. The van der Waals surface area contributed by atoms with Crippen molar-refractivity contribution < 1.29 is 0 Å². The van der Waals surface area contributed by atoms with E-state index in [1.165, 1.54) is 11.5 Å². The van der Waals surface area contributed by atoms with Gasteiger partial charge in [-0.05, 0) is 24.9 Å². The van der Waals surface area contributed by atoms with Gasteiger partial charge < -0.3 is 0 Å². The van der Waals surface area contributed by atoms with Crippen molar-refractivity contribution in [1.29, 1.82) is 0 Å². The highest BCUT2D eigenvalue weighted by Gasteiger charge is 2.15. The lowest BCUT2D eigenvalue weighted by Gasteiger charge is -2.10. The second-order valence-corrected chi connectivity index (χ2v) is 3.57. The zero-order valence-electron chi connectivity index (χ0n) is 8.37. The van der Waals surface area contributed by atoms with Crippen LogP contribution in [0.1, 0.15) is 36.9 Å². The van der Waals surface area contributed by atoms with Crippen molar-refractivity contribution in [2.24, 2.45) is 5.84 Å². The monoisotopic (exact) mass is 210 g/mol. The Morgan fingerprint density at radius 1 is 1.64 bits per heavy atom. The quantitative estimate of drug-likeness (QED) is 0.442. The highest BCUT2D eigenvalue weighted by molar-refractivity contribution is 7.05. The maximum atomic E-state index is 5.46. The van der Waals surface area contributed by atoms with Gasteiger partial charge in [0.15, 0.2) is 0 Å². The molecule has 14 heavy (non-hydrogen) atoms. The number of aromatic nitrogens is 2. The van der Waals surface area contributed by atoms with Crippen molar-refractivity contribution >= 4 is 11.5 Å². The molecular weight excluding hydrogens is 196 g/mol. The molecular formula is C9H14N4S. The minimum atomic E-state index is 0.0531. The van der Waals surface area contributed by atoms with Crippen LogP contribution in [0.15, 0.2) is 0 Å². The number of hydrazine groups is 1. The largest absolute Gasteiger partial charge is 0.271 e. The third-order valence-corrected chi connectivity index (χ3v) is 2.80.